The summed E-state index contributed by atoms with van der Waals surface area (Å²) in [7, 11) is 0. The third-order valence-electron chi connectivity index (χ3n) is 3.03. The van der Waals surface area contributed by atoms with Crippen molar-refractivity contribution in [1.29, 1.82) is 0 Å². The molecule has 0 saturated carbocycles. The average molecular weight is 355 g/mol. The Kier molecular flexibility index (Phi) is 5.58. The van der Waals surface area contributed by atoms with Gasteiger partial charge in [0, 0.05) is 16.3 Å². The quantitative estimate of drug-likeness (QED) is 0.874. The fourth-order valence-electron chi connectivity index (χ4n) is 1.77. The molecular formula is C16H13Cl2FN2O2. The highest BCUT2D eigenvalue weighted by Crippen LogP contribution is 2.19. The lowest BCUT2D eigenvalue weighted by molar-refractivity contribution is -0.117. The molecule has 0 fully saturated rings. The molecule has 2 aromatic carbocycles. The van der Waals surface area contributed by atoms with Gasteiger partial charge in [0.25, 0.3) is 5.91 Å². The van der Waals surface area contributed by atoms with Gasteiger partial charge in [0.2, 0.25) is 5.91 Å². The Balaban J connectivity index is 1.97. The van der Waals surface area contributed by atoms with Crippen molar-refractivity contribution in [3.63, 3.8) is 0 Å². The van der Waals surface area contributed by atoms with Gasteiger partial charge >= 0.3 is 0 Å². The fraction of sp³-hybridized carbons (Fsp3) is 0.125. The van der Waals surface area contributed by atoms with Crippen LogP contribution in [-0.4, -0.2) is 17.9 Å². The van der Waals surface area contributed by atoms with E-state index in [0.29, 0.717) is 16.3 Å². The summed E-state index contributed by atoms with van der Waals surface area (Å²) in [5.74, 6) is -1.43. The van der Waals surface area contributed by atoms with Gasteiger partial charge in [0.05, 0.1) is 5.02 Å². The first-order valence-electron chi connectivity index (χ1n) is 6.69. The Labute approximate surface area is 142 Å². The normalized spacial score (nSPS) is 11.7. The van der Waals surface area contributed by atoms with Crippen LogP contribution in [0.5, 0.6) is 0 Å². The highest BCUT2D eigenvalue weighted by atomic mass is 35.5. The van der Waals surface area contributed by atoms with Crippen LogP contribution in [0, 0.1) is 5.82 Å². The van der Waals surface area contributed by atoms with Crippen molar-refractivity contribution in [2.45, 2.75) is 13.0 Å². The van der Waals surface area contributed by atoms with Crippen molar-refractivity contribution in [3.8, 4) is 0 Å². The smallest absolute Gasteiger partial charge is 0.251 e. The molecule has 7 heteroatoms. The van der Waals surface area contributed by atoms with E-state index in [1.165, 1.54) is 19.1 Å². The summed E-state index contributed by atoms with van der Waals surface area (Å²) in [6.07, 6.45) is 0. The van der Waals surface area contributed by atoms with Crippen molar-refractivity contribution in [2.24, 2.45) is 0 Å². The maximum Gasteiger partial charge on any atom is 0.251 e. The largest absolute Gasteiger partial charge is 0.341 e. The number of rotatable bonds is 4. The van der Waals surface area contributed by atoms with Gasteiger partial charge in [-0.05, 0) is 49.4 Å². The van der Waals surface area contributed by atoms with Crippen LogP contribution in [-0.2, 0) is 4.79 Å². The van der Waals surface area contributed by atoms with E-state index in [9.17, 15) is 14.0 Å². The first-order valence-corrected chi connectivity index (χ1v) is 7.45. The second kappa shape index (κ2) is 7.44. The minimum Gasteiger partial charge on any atom is -0.341 e. The molecule has 0 bridgehead atoms. The van der Waals surface area contributed by atoms with E-state index < -0.39 is 23.7 Å². The van der Waals surface area contributed by atoms with E-state index in [1.807, 2.05) is 0 Å². The molecule has 0 aliphatic carbocycles. The third-order valence-corrected chi connectivity index (χ3v) is 3.58. The van der Waals surface area contributed by atoms with Gasteiger partial charge in [-0.2, -0.15) is 0 Å². The standard InChI is InChI=1S/C16H13Cl2FN2O2/c1-9(20-16(23)10-2-4-11(17)5-3-10)15(22)21-12-6-7-14(19)13(18)8-12/h2-9H,1H3,(H,20,23)(H,21,22). The van der Waals surface area contributed by atoms with Gasteiger partial charge in [-0.25, -0.2) is 4.39 Å². The Hall–Kier alpha value is -2.11. The summed E-state index contributed by atoms with van der Waals surface area (Å²) < 4.78 is 13.1. The van der Waals surface area contributed by atoms with Crippen molar-refractivity contribution in [1.82, 2.24) is 5.32 Å². The van der Waals surface area contributed by atoms with Gasteiger partial charge in [-0.3, -0.25) is 9.59 Å². The number of amides is 2. The lowest BCUT2D eigenvalue weighted by atomic mass is 10.2. The number of carbonyl (C=O) groups excluding carboxylic acids is 2. The first-order chi connectivity index (χ1) is 10.9. The van der Waals surface area contributed by atoms with Crippen molar-refractivity contribution < 1.29 is 14.0 Å². The summed E-state index contributed by atoms with van der Waals surface area (Å²) in [4.78, 5) is 24.1. The molecular weight excluding hydrogens is 342 g/mol. The van der Waals surface area contributed by atoms with Crippen molar-refractivity contribution >= 4 is 40.7 Å². The summed E-state index contributed by atoms with van der Waals surface area (Å²) in [6.45, 7) is 1.54. The van der Waals surface area contributed by atoms with Crippen molar-refractivity contribution in [2.75, 3.05) is 5.32 Å². The molecule has 2 amide bonds. The lowest BCUT2D eigenvalue weighted by Gasteiger charge is -2.14. The lowest BCUT2D eigenvalue weighted by Crippen LogP contribution is -2.41. The number of anilines is 1. The van der Waals surface area contributed by atoms with Gasteiger partial charge in [0.1, 0.15) is 11.9 Å². The molecule has 2 aromatic rings. The second-order valence-corrected chi connectivity index (χ2v) is 5.66. The highest BCUT2D eigenvalue weighted by Gasteiger charge is 2.17. The number of hydrogen-bond donors (Lipinski definition) is 2. The average Bonchev–Trinajstić information content (AvgIpc) is 2.51. The Bertz CT molecular complexity index is 735. The molecule has 2 rings (SSSR count). The second-order valence-electron chi connectivity index (χ2n) is 4.82. The van der Waals surface area contributed by atoms with Crippen LogP contribution in [0.15, 0.2) is 42.5 Å². The molecule has 4 nitrogen and oxygen atoms in total. The molecule has 0 radical (unpaired) electrons. The van der Waals surface area contributed by atoms with E-state index in [2.05, 4.69) is 10.6 Å². The van der Waals surface area contributed by atoms with E-state index >= 15 is 0 Å². The number of nitrogens with one attached hydrogen (secondary N) is 2. The summed E-state index contributed by atoms with van der Waals surface area (Å²) >= 11 is 11.4. The van der Waals surface area contributed by atoms with Gasteiger partial charge in [-0.15, -0.1) is 0 Å². The van der Waals surface area contributed by atoms with Crippen LogP contribution in [0.4, 0.5) is 10.1 Å². The maximum absolute atomic E-state index is 13.1. The van der Waals surface area contributed by atoms with Crippen LogP contribution in [0.1, 0.15) is 17.3 Å². The number of halogens is 3. The topological polar surface area (TPSA) is 58.2 Å². The zero-order valence-electron chi connectivity index (χ0n) is 12.1. The molecule has 1 atom stereocenters. The first kappa shape index (κ1) is 17.2. The molecule has 120 valence electrons. The third kappa shape index (κ3) is 4.68. The summed E-state index contributed by atoms with van der Waals surface area (Å²) in [6, 6.07) is 9.32. The summed E-state index contributed by atoms with van der Waals surface area (Å²) in [5, 5.41) is 5.53. The minimum absolute atomic E-state index is 0.0966. The van der Waals surface area contributed by atoms with Crippen LogP contribution in [0.3, 0.4) is 0 Å². The summed E-state index contributed by atoms with van der Waals surface area (Å²) in [5.41, 5.74) is 0.730. The van der Waals surface area contributed by atoms with Crippen molar-refractivity contribution in [3.05, 3.63) is 63.9 Å². The maximum atomic E-state index is 13.1. The molecule has 0 aliphatic heterocycles. The molecule has 2 N–H and O–H groups in total. The zero-order chi connectivity index (χ0) is 17.0. The molecule has 0 aliphatic rings. The SMILES string of the molecule is CC(NC(=O)c1ccc(Cl)cc1)C(=O)Nc1ccc(F)c(Cl)c1. The Morgan fingerprint density at radius 1 is 1.09 bits per heavy atom. The molecule has 0 saturated heterocycles. The van der Waals surface area contributed by atoms with Crippen LogP contribution in [0.25, 0.3) is 0 Å². The Morgan fingerprint density at radius 2 is 1.74 bits per heavy atom. The number of carbonyl (C=O) groups is 2. The van der Waals surface area contributed by atoms with Crippen LogP contribution < -0.4 is 10.6 Å². The number of hydrogen-bond acceptors (Lipinski definition) is 2. The van der Waals surface area contributed by atoms with E-state index in [1.54, 1.807) is 24.3 Å². The Morgan fingerprint density at radius 3 is 2.35 bits per heavy atom. The monoisotopic (exact) mass is 354 g/mol. The van der Waals surface area contributed by atoms with E-state index in [-0.39, 0.29) is 5.02 Å². The van der Waals surface area contributed by atoms with Crippen LogP contribution in [0.2, 0.25) is 10.0 Å². The molecule has 0 heterocycles. The minimum atomic E-state index is -0.790. The van der Waals surface area contributed by atoms with Crippen LogP contribution >= 0.6 is 23.2 Å². The highest BCUT2D eigenvalue weighted by molar-refractivity contribution is 6.31. The van der Waals surface area contributed by atoms with E-state index in [4.69, 9.17) is 23.2 Å². The molecule has 0 spiro atoms. The molecule has 0 aromatic heterocycles. The van der Waals surface area contributed by atoms with Gasteiger partial charge < -0.3 is 10.6 Å². The zero-order valence-corrected chi connectivity index (χ0v) is 13.6. The number of benzene rings is 2. The molecule has 1 unspecified atom stereocenters. The van der Waals surface area contributed by atoms with Gasteiger partial charge in [0.15, 0.2) is 0 Å². The fourth-order valence-corrected chi connectivity index (χ4v) is 2.08. The molecule has 23 heavy (non-hydrogen) atoms. The predicted octanol–water partition coefficient (Wildman–Crippen LogP) is 3.89. The van der Waals surface area contributed by atoms with Gasteiger partial charge in [-0.1, -0.05) is 23.2 Å². The van der Waals surface area contributed by atoms with E-state index in [0.717, 1.165) is 6.07 Å². The predicted molar refractivity (Wildman–Crippen MR) is 88.4 cm³/mol.